The summed E-state index contributed by atoms with van der Waals surface area (Å²) in [6.45, 7) is 5.30. The lowest BCUT2D eigenvalue weighted by Crippen LogP contribution is -2.26. The zero-order valence-electron chi connectivity index (χ0n) is 16.0. The molecule has 7 nitrogen and oxygen atoms in total. The molecule has 27 heavy (non-hydrogen) atoms. The number of rotatable bonds is 7. The molecule has 0 saturated heterocycles. The topological polar surface area (TPSA) is 80.4 Å². The van der Waals surface area contributed by atoms with Gasteiger partial charge in [0.25, 0.3) is 0 Å². The van der Waals surface area contributed by atoms with Gasteiger partial charge >= 0.3 is 0 Å². The van der Waals surface area contributed by atoms with Crippen LogP contribution >= 0.6 is 0 Å². The van der Waals surface area contributed by atoms with Crippen LogP contribution in [-0.2, 0) is 24.3 Å². The van der Waals surface area contributed by atoms with Gasteiger partial charge < -0.3 is 14.4 Å². The number of amides is 1. The molecule has 0 N–H and O–H groups in total. The van der Waals surface area contributed by atoms with Crippen molar-refractivity contribution in [3.63, 3.8) is 0 Å². The van der Waals surface area contributed by atoms with E-state index in [1.54, 1.807) is 4.90 Å². The first-order valence-electron chi connectivity index (χ1n) is 9.02. The van der Waals surface area contributed by atoms with Crippen LogP contribution in [0.15, 0.2) is 18.2 Å². The van der Waals surface area contributed by atoms with Crippen LogP contribution in [0.3, 0.4) is 0 Å². The number of benzene rings is 1. The van der Waals surface area contributed by atoms with Crippen LogP contribution in [0.4, 0.5) is 0 Å². The molecule has 0 bridgehead atoms. The summed E-state index contributed by atoms with van der Waals surface area (Å²) in [7, 11) is 1.81. The molecule has 2 aromatic rings. The number of hydrogen-bond acceptors (Lipinski definition) is 5. The molecule has 0 atom stereocenters. The third kappa shape index (κ3) is 4.22. The molecule has 0 unspecified atom stereocenters. The van der Waals surface area contributed by atoms with E-state index in [2.05, 4.69) is 11.2 Å². The smallest absolute Gasteiger partial charge is 0.231 e. The van der Waals surface area contributed by atoms with E-state index in [1.165, 1.54) is 0 Å². The number of aryl methyl sites for hydroxylation is 2. The number of aromatic nitrogens is 2. The summed E-state index contributed by atoms with van der Waals surface area (Å²) < 4.78 is 12.6. The molecule has 3 rings (SSSR count). The lowest BCUT2D eigenvalue weighted by atomic mass is 10.1. The van der Waals surface area contributed by atoms with Crippen LogP contribution in [0.5, 0.6) is 11.5 Å². The highest BCUT2D eigenvalue weighted by Crippen LogP contribution is 2.32. The first-order valence-corrected chi connectivity index (χ1v) is 9.02. The Morgan fingerprint density at radius 1 is 1.33 bits per heavy atom. The highest BCUT2D eigenvalue weighted by molar-refractivity contribution is 5.76. The molecular formula is C20H24N4O3. The van der Waals surface area contributed by atoms with Gasteiger partial charge in [0.2, 0.25) is 12.7 Å². The number of hydrogen-bond donors (Lipinski definition) is 0. The summed E-state index contributed by atoms with van der Waals surface area (Å²) in [6.07, 6.45) is 1.50. The first kappa shape index (κ1) is 18.8. The van der Waals surface area contributed by atoms with E-state index in [-0.39, 0.29) is 12.7 Å². The Morgan fingerprint density at radius 2 is 2.11 bits per heavy atom. The van der Waals surface area contributed by atoms with Crippen molar-refractivity contribution < 1.29 is 14.3 Å². The third-order valence-corrected chi connectivity index (χ3v) is 4.84. The maximum atomic E-state index is 12.6. The van der Waals surface area contributed by atoms with E-state index in [4.69, 9.17) is 14.7 Å². The van der Waals surface area contributed by atoms with Crippen molar-refractivity contribution in [1.29, 1.82) is 5.26 Å². The number of carbonyl (C=O) groups excluding carboxylic acids is 1. The number of nitriles is 1. The summed E-state index contributed by atoms with van der Waals surface area (Å²) in [5.74, 6) is 1.55. The number of carbonyl (C=O) groups is 1. The second-order valence-electron chi connectivity index (χ2n) is 6.72. The Kier molecular flexibility index (Phi) is 5.65. The minimum absolute atomic E-state index is 0.0799. The summed E-state index contributed by atoms with van der Waals surface area (Å²) in [5.41, 5.74) is 4.06. The van der Waals surface area contributed by atoms with Crippen LogP contribution in [-0.4, -0.2) is 34.4 Å². The van der Waals surface area contributed by atoms with Crippen molar-refractivity contribution in [1.82, 2.24) is 14.7 Å². The van der Waals surface area contributed by atoms with Gasteiger partial charge in [-0.2, -0.15) is 10.4 Å². The van der Waals surface area contributed by atoms with Crippen molar-refractivity contribution in [3.05, 3.63) is 40.7 Å². The number of ether oxygens (including phenoxy) is 2. The Labute approximate surface area is 159 Å². The van der Waals surface area contributed by atoms with E-state index in [0.29, 0.717) is 32.4 Å². The average Bonchev–Trinajstić information content (AvgIpc) is 3.22. The average molecular weight is 368 g/mol. The predicted molar refractivity (Wildman–Crippen MR) is 99.3 cm³/mol. The molecule has 0 fully saturated rings. The summed E-state index contributed by atoms with van der Waals surface area (Å²) >= 11 is 0. The molecule has 7 heteroatoms. The van der Waals surface area contributed by atoms with Gasteiger partial charge in [0.1, 0.15) is 0 Å². The highest BCUT2D eigenvalue weighted by atomic mass is 16.7. The van der Waals surface area contributed by atoms with Crippen molar-refractivity contribution in [2.24, 2.45) is 0 Å². The quantitative estimate of drug-likeness (QED) is 0.751. The van der Waals surface area contributed by atoms with Gasteiger partial charge in [-0.25, -0.2) is 0 Å². The molecule has 142 valence electrons. The second kappa shape index (κ2) is 8.12. The van der Waals surface area contributed by atoms with E-state index in [0.717, 1.165) is 34.0 Å². The van der Waals surface area contributed by atoms with Gasteiger partial charge in [-0.3, -0.25) is 9.48 Å². The number of fused-ring (bicyclic) bond motifs is 1. The SMILES string of the molecule is Cc1nn(CCC#N)c(C)c1CCC(=O)N(C)Cc1ccc2c(c1)OCO2. The number of nitrogens with zero attached hydrogens (tertiary/aromatic N) is 4. The van der Waals surface area contributed by atoms with Gasteiger partial charge in [0, 0.05) is 25.7 Å². The van der Waals surface area contributed by atoms with Crippen LogP contribution in [0.25, 0.3) is 0 Å². The molecular weight excluding hydrogens is 344 g/mol. The zero-order chi connectivity index (χ0) is 19.4. The van der Waals surface area contributed by atoms with Crippen molar-refractivity contribution in [3.8, 4) is 17.6 Å². The lowest BCUT2D eigenvalue weighted by Gasteiger charge is -2.17. The van der Waals surface area contributed by atoms with E-state index < -0.39 is 0 Å². The molecule has 0 spiro atoms. The van der Waals surface area contributed by atoms with E-state index in [9.17, 15) is 4.79 Å². The minimum atomic E-state index is 0.0799. The van der Waals surface area contributed by atoms with E-state index in [1.807, 2.05) is 43.8 Å². The molecule has 0 aliphatic carbocycles. The first-order chi connectivity index (χ1) is 13.0. The molecule has 1 aromatic heterocycles. The van der Waals surface area contributed by atoms with Crippen molar-refractivity contribution in [2.75, 3.05) is 13.8 Å². The Morgan fingerprint density at radius 3 is 2.89 bits per heavy atom. The molecule has 1 aliphatic rings. The highest BCUT2D eigenvalue weighted by Gasteiger charge is 2.17. The van der Waals surface area contributed by atoms with Crippen molar-refractivity contribution >= 4 is 5.91 Å². The van der Waals surface area contributed by atoms with Gasteiger partial charge in [0.05, 0.1) is 24.7 Å². The summed E-state index contributed by atoms with van der Waals surface area (Å²) in [4.78, 5) is 14.3. The largest absolute Gasteiger partial charge is 0.454 e. The van der Waals surface area contributed by atoms with E-state index >= 15 is 0 Å². The van der Waals surface area contributed by atoms with Crippen LogP contribution in [0.2, 0.25) is 0 Å². The van der Waals surface area contributed by atoms with Crippen LogP contribution in [0.1, 0.15) is 35.4 Å². The third-order valence-electron chi connectivity index (χ3n) is 4.84. The minimum Gasteiger partial charge on any atom is -0.454 e. The fraction of sp³-hybridized carbons (Fsp3) is 0.450. The van der Waals surface area contributed by atoms with Gasteiger partial charge in [-0.05, 0) is 43.5 Å². The molecule has 1 amide bonds. The van der Waals surface area contributed by atoms with Gasteiger partial charge in [-0.1, -0.05) is 6.07 Å². The maximum absolute atomic E-state index is 12.6. The molecule has 2 heterocycles. The second-order valence-corrected chi connectivity index (χ2v) is 6.72. The van der Waals surface area contributed by atoms with Crippen molar-refractivity contribution in [2.45, 2.75) is 46.2 Å². The molecule has 1 aromatic carbocycles. The monoisotopic (exact) mass is 368 g/mol. The fourth-order valence-electron chi connectivity index (χ4n) is 3.29. The van der Waals surface area contributed by atoms with Gasteiger partial charge in [0.15, 0.2) is 11.5 Å². The maximum Gasteiger partial charge on any atom is 0.231 e. The predicted octanol–water partition coefficient (Wildman–Crippen LogP) is 2.73. The molecule has 0 radical (unpaired) electrons. The standard InChI is InChI=1S/C20H24N4O3/c1-14-17(15(2)24(22-14)10-4-9-21)6-8-20(25)23(3)12-16-5-7-18-19(11-16)27-13-26-18/h5,7,11H,4,6,8,10,12-13H2,1-3H3. The Bertz CT molecular complexity index is 882. The fourth-order valence-corrected chi connectivity index (χ4v) is 3.29. The lowest BCUT2D eigenvalue weighted by molar-refractivity contribution is -0.130. The zero-order valence-corrected chi connectivity index (χ0v) is 16.0. The van der Waals surface area contributed by atoms with Gasteiger partial charge in [-0.15, -0.1) is 0 Å². The molecule has 1 aliphatic heterocycles. The summed E-state index contributed by atoms with van der Waals surface area (Å²) in [5, 5.41) is 13.2. The Balaban J connectivity index is 1.57. The normalized spacial score (nSPS) is 12.1. The Hall–Kier alpha value is -3.01. The summed E-state index contributed by atoms with van der Waals surface area (Å²) in [6, 6.07) is 7.88. The van der Waals surface area contributed by atoms with Crippen LogP contribution < -0.4 is 9.47 Å². The molecule has 0 saturated carbocycles. The van der Waals surface area contributed by atoms with Crippen LogP contribution in [0, 0.1) is 25.2 Å².